The molecule has 1 heterocycles. The Kier molecular flexibility index (Phi) is 40.6. The van der Waals surface area contributed by atoms with Gasteiger partial charge in [-0.25, -0.2) is 0 Å². The van der Waals surface area contributed by atoms with Gasteiger partial charge in [0.2, 0.25) is 0 Å². The summed E-state index contributed by atoms with van der Waals surface area (Å²) in [7, 11) is 0. The van der Waals surface area contributed by atoms with Crippen LogP contribution in [0.5, 0.6) is 0 Å². The van der Waals surface area contributed by atoms with Crippen molar-refractivity contribution in [3.05, 3.63) is 63.6 Å². The normalized spacial score (nSPS) is 10.4. The largest absolute Gasteiger partial charge is 0.466 e. The molecule has 0 atom stereocenters. The highest BCUT2D eigenvalue weighted by Gasteiger charge is 2.32. The SMILES string of the molecule is C=C.C=C.C=C.CCOCCCOCC(COCCCOCC)(COCCCOCC)COCCC(=O)OCc1ccco1. The average Bonchev–Trinajstić information content (AvgIpc) is 3.60. The quantitative estimate of drug-likeness (QED) is 0.0583. The summed E-state index contributed by atoms with van der Waals surface area (Å²) in [5, 5.41) is 0. The van der Waals surface area contributed by atoms with E-state index in [1.807, 2.05) is 20.8 Å². The van der Waals surface area contributed by atoms with Gasteiger partial charge in [0.05, 0.1) is 51.1 Å². The highest BCUT2D eigenvalue weighted by molar-refractivity contribution is 5.69. The van der Waals surface area contributed by atoms with E-state index < -0.39 is 5.41 Å². The van der Waals surface area contributed by atoms with Gasteiger partial charge in [0.15, 0.2) is 0 Å². The standard InChI is InChI=1S/C28H50O10.3C2H4/c1-4-30-13-8-16-33-22-28(23-34-17-9-14-31-5-2,24-35-18-10-15-32-6-3)25-36-20-12-27(29)38-21-26-11-7-19-37-26;3*1-2/h7,11,19H,4-6,8-10,12-18,20-25H2,1-3H3;3*1-2H2. The van der Waals surface area contributed by atoms with E-state index in [1.165, 1.54) is 0 Å². The zero-order valence-electron chi connectivity index (χ0n) is 28.0. The third-order valence-corrected chi connectivity index (χ3v) is 5.38. The fourth-order valence-electron chi connectivity index (χ4n) is 3.40. The third-order valence-electron chi connectivity index (χ3n) is 5.38. The van der Waals surface area contributed by atoms with Crippen molar-refractivity contribution >= 4 is 5.97 Å². The van der Waals surface area contributed by atoms with E-state index in [2.05, 4.69) is 39.5 Å². The summed E-state index contributed by atoms with van der Waals surface area (Å²) in [5.74, 6) is 0.251. The molecule has 0 aromatic carbocycles. The van der Waals surface area contributed by atoms with Crippen LogP contribution in [0.2, 0.25) is 0 Å². The molecule has 44 heavy (non-hydrogen) atoms. The molecule has 0 spiro atoms. The number of esters is 1. The molecule has 0 aliphatic heterocycles. The van der Waals surface area contributed by atoms with Crippen LogP contribution in [0, 0.1) is 5.41 Å². The van der Waals surface area contributed by atoms with Crippen molar-refractivity contribution in [1.82, 2.24) is 0 Å². The lowest BCUT2D eigenvalue weighted by Crippen LogP contribution is -2.42. The predicted molar refractivity (Wildman–Crippen MR) is 176 cm³/mol. The molecule has 0 N–H and O–H groups in total. The Balaban J connectivity index is -0.00000263. The maximum absolute atomic E-state index is 12.1. The van der Waals surface area contributed by atoms with Crippen molar-refractivity contribution in [2.45, 2.75) is 53.1 Å². The van der Waals surface area contributed by atoms with Crippen molar-refractivity contribution < 1.29 is 47.1 Å². The molecule has 1 aromatic heterocycles. The molecule has 0 fully saturated rings. The molecular weight excluding hydrogens is 568 g/mol. The Morgan fingerprint density at radius 2 is 1.02 bits per heavy atom. The predicted octanol–water partition coefficient (Wildman–Crippen LogP) is 6.45. The fraction of sp³-hybridized carbons (Fsp3) is 0.676. The van der Waals surface area contributed by atoms with Gasteiger partial charge in [0, 0.05) is 59.5 Å². The molecular formula is C34H62O10. The molecule has 0 saturated carbocycles. The first-order chi connectivity index (χ1) is 21.7. The molecule has 1 rings (SSSR count). The zero-order valence-corrected chi connectivity index (χ0v) is 28.0. The molecule has 0 bridgehead atoms. The second-order valence-electron chi connectivity index (χ2n) is 8.85. The number of ether oxygens (including phenoxy) is 8. The summed E-state index contributed by atoms with van der Waals surface area (Å²) in [6, 6.07) is 3.51. The van der Waals surface area contributed by atoms with Gasteiger partial charge in [-0.15, -0.1) is 39.5 Å². The van der Waals surface area contributed by atoms with Gasteiger partial charge < -0.3 is 42.3 Å². The van der Waals surface area contributed by atoms with Gasteiger partial charge >= 0.3 is 5.97 Å². The van der Waals surface area contributed by atoms with Gasteiger partial charge in [0.25, 0.3) is 0 Å². The molecule has 0 saturated heterocycles. The maximum Gasteiger partial charge on any atom is 0.308 e. The molecule has 1 aromatic rings. The van der Waals surface area contributed by atoms with Gasteiger partial charge in [-0.3, -0.25) is 4.79 Å². The highest BCUT2D eigenvalue weighted by Crippen LogP contribution is 2.21. The molecule has 10 heteroatoms. The van der Waals surface area contributed by atoms with Crippen LogP contribution in [0.15, 0.2) is 62.3 Å². The number of carbonyl (C=O) groups is 1. The van der Waals surface area contributed by atoms with Crippen LogP contribution in [-0.4, -0.2) is 98.5 Å². The van der Waals surface area contributed by atoms with Crippen LogP contribution in [0.1, 0.15) is 52.2 Å². The second kappa shape index (κ2) is 38.7. The summed E-state index contributed by atoms with van der Waals surface area (Å²) in [6.07, 6.45) is 4.09. The number of carbonyl (C=O) groups excluding carboxylic acids is 1. The lowest BCUT2D eigenvalue weighted by atomic mass is 9.92. The van der Waals surface area contributed by atoms with E-state index in [0.717, 1.165) is 19.3 Å². The van der Waals surface area contributed by atoms with Crippen molar-refractivity contribution in [3.8, 4) is 0 Å². The Hall–Kier alpha value is -2.31. The highest BCUT2D eigenvalue weighted by atomic mass is 16.5. The lowest BCUT2D eigenvalue weighted by Gasteiger charge is -2.33. The zero-order chi connectivity index (χ0) is 33.6. The van der Waals surface area contributed by atoms with E-state index in [4.69, 9.17) is 42.3 Å². The molecule has 0 radical (unpaired) electrons. The third kappa shape index (κ3) is 29.7. The monoisotopic (exact) mass is 630 g/mol. The van der Waals surface area contributed by atoms with Crippen molar-refractivity contribution in [1.29, 1.82) is 0 Å². The Morgan fingerprint density at radius 1 is 0.636 bits per heavy atom. The second-order valence-corrected chi connectivity index (χ2v) is 8.85. The van der Waals surface area contributed by atoms with Gasteiger partial charge in [0.1, 0.15) is 12.4 Å². The minimum Gasteiger partial charge on any atom is -0.466 e. The summed E-state index contributed by atoms with van der Waals surface area (Å²) in [4.78, 5) is 12.1. The lowest BCUT2D eigenvalue weighted by molar-refractivity contribution is -0.148. The van der Waals surface area contributed by atoms with Crippen LogP contribution in [0.4, 0.5) is 0 Å². The molecule has 258 valence electrons. The minimum atomic E-state index is -0.527. The Bertz CT molecular complexity index is 638. The molecule has 10 nitrogen and oxygen atoms in total. The molecule has 0 amide bonds. The summed E-state index contributed by atoms with van der Waals surface area (Å²) in [5.41, 5.74) is -0.527. The first-order valence-electron chi connectivity index (χ1n) is 15.4. The maximum atomic E-state index is 12.1. The van der Waals surface area contributed by atoms with E-state index in [1.54, 1.807) is 18.4 Å². The van der Waals surface area contributed by atoms with Crippen molar-refractivity contribution in [2.24, 2.45) is 5.41 Å². The number of hydrogen-bond donors (Lipinski definition) is 0. The average molecular weight is 631 g/mol. The summed E-state index contributed by atoms with van der Waals surface area (Å²) < 4.78 is 50.7. The van der Waals surface area contributed by atoms with Gasteiger partial charge in [-0.1, -0.05) is 0 Å². The first kappa shape index (κ1) is 46.1. The van der Waals surface area contributed by atoms with E-state index in [0.29, 0.717) is 91.6 Å². The molecule has 0 aliphatic carbocycles. The smallest absolute Gasteiger partial charge is 0.308 e. The number of rotatable bonds is 28. The van der Waals surface area contributed by atoms with E-state index >= 15 is 0 Å². The van der Waals surface area contributed by atoms with Gasteiger partial charge in [-0.2, -0.15) is 0 Å². The van der Waals surface area contributed by atoms with Crippen LogP contribution in [0.3, 0.4) is 0 Å². The summed E-state index contributed by atoms with van der Waals surface area (Å²) in [6.45, 7) is 31.5. The fourth-order valence-corrected chi connectivity index (χ4v) is 3.40. The minimum absolute atomic E-state index is 0.108. The van der Waals surface area contributed by atoms with Crippen molar-refractivity contribution in [2.75, 3.05) is 92.5 Å². The van der Waals surface area contributed by atoms with Crippen LogP contribution in [-0.2, 0) is 49.3 Å². The Morgan fingerprint density at radius 3 is 1.39 bits per heavy atom. The molecule has 0 aliphatic rings. The van der Waals surface area contributed by atoms with E-state index in [-0.39, 0.29) is 25.6 Å². The van der Waals surface area contributed by atoms with Crippen LogP contribution >= 0.6 is 0 Å². The first-order valence-corrected chi connectivity index (χ1v) is 15.4. The summed E-state index contributed by atoms with van der Waals surface area (Å²) >= 11 is 0. The molecule has 0 unspecified atom stereocenters. The number of hydrogen-bond acceptors (Lipinski definition) is 10. The van der Waals surface area contributed by atoms with Gasteiger partial charge in [-0.05, 0) is 52.2 Å². The van der Waals surface area contributed by atoms with Crippen LogP contribution < -0.4 is 0 Å². The topological polar surface area (TPSA) is 104 Å². The van der Waals surface area contributed by atoms with E-state index in [9.17, 15) is 4.79 Å². The van der Waals surface area contributed by atoms with Crippen molar-refractivity contribution in [3.63, 3.8) is 0 Å². The Labute approximate surface area is 267 Å². The van der Waals surface area contributed by atoms with Crippen LogP contribution in [0.25, 0.3) is 0 Å². The number of furan rings is 1.